The molecule has 30 heavy (non-hydrogen) atoms. The fourth-order valence-electron chi connectivity index (χ4n) is 2.81. The van der Waals surface area contributed by atoms with Crippen LogP contribution in [0.25, 0.3) is 11.1 Å². The third kappa shape index (κ3) is 5.34. The summed E-state index contributed by atoms with van der Waals surface area (Å²) in [6.45, 7) is 1.70. The van der Waals surface area contributed by atoms with Crippen molar-refractivity contribution in [1.82, 2.24) is 10.2 Å². The summed E-state index contributed by atoms with van der Waals surface area (Å²) in [5.74, 6) is 0.251. The van der Waals surface area contributed by atoms with Crippen molar-refractivity contribution in [3.05, 3.63) is 71.4 Å². The normalized spacial score (nSPS) is 11.2. The standard InChI is InChI=1S/C22H19F3N2O3/c1-14-12-19(16-4-3-5-17(13-16)22(23,24)25)21(27-26-14)30-18-9-6-15(7-10-18)8-11-20(28)29-2/h3-7,9-10,12-13H,8,11H2,1-2H3. The number of hydrogen-bond acceptors (Lipinski definition) is 5. The number of rotatable bonds is 6. The Kier molecular flexibility index (Phi) is 6.34. The maximum atomic E-state index is 13.1. The van der Waals surface area contributed by atoms with Crippen molar-refractivity contribution in [3.63, 3.8) is 0 Å². The topological polar surface area (TPSA) is 61.3 Å². The van der Waals surface area contributed by atoms with Crippen molar-refractivity contribution in [2.45, 2.75) is 25.9 Å². The van der Waals surface area contributed by atoms with Gasteiger partial charge in [-0.3, -0.25) is 4.79 Å². The van der Waals surface area contributed by atoms with Crippen molar-refractivity contribution >= 4 is 5.97 Å². The Labute approximate surface area is 171 Å². The number of alkyl halides is 3. The first kappa shape index (κ1) is 21.3. The van der Waals surface area contributed by atoms with Gasteiger partial charge in [0.1, 0.15) is 5.75 Å². The molecule has 0 saturated heterocycles. The number of esters is 1. The third-order valence-corrected chi connectivity index (χ3v) is 4.37. The molecule has 0 atom stereocenters. The van der Waals surface area contributed by atoms with E-state index in [9.17, 15) is 18.0 Å². The predicted molar refractivity (Wildman–Crippen MR) is 104 cm³/mol. The van der Waals surface area contributed by atoms with Gasteiger partial charge in [0.2, 0.25) is 5.88 Å². The zero-order chi connectivity index (χ0) is 21.7. The minimum atomic E-state index is -4.45. The van der Waals surface area contributed by atoms with Crippen molar-refractivity contribution in [3.8, 4) is 22.8 Å². The second kappa shape index (κ2) is 8.94. The highest BCUT2D eigenvalue weighted by Crippen LogP contribution is 2.36. The highest BCUT2D eigenvalue weighted by molar-refractivity contribution is 5.70. The summed E-state index contributed by atoms with van der Waals surface area (Å²) in [5.41, 5.74) is 1.44. The number of carbonyl (C=O) groups is 1. The minimum Gasteiger partial charge on any atom is -0.469 e. The van der Waals surface area contributed by atoms with Crippen LogP contribution in [0, 0.1) is 6.92 Å². The van der Waals surface area contributed by atoms with Crippen molar-refractivity contribution in [2.75, 3.05) is 7.11 Å². The number of aryl methyl sites for hydroxylation is 2. The van der Waals surface area contributed by atoms with Gasteiger partial charge in [-0.2, -0.15) is 18.3 Å². The fourth-order valence-corrected chi connectivity index (χ4v) is 2.81. The fraction of sp³-hybridized carbons (Fsp3) is 0.227. The number of halogens is 3. The SMILES string of the molecule is COC(=O)CCc1ccc(Oc2nnc(C)cc2-c2cccc(C(F)(F)F)c2)cc1. The monoisotopic (exact) mass is 416 g/mol. The molecule has 0 amide bonds. The lowest BCUT2D eigenvalue weighted by Gasteiger charge is -2.13. The molecule has 0 radical (unpaired) electrons. The molecule has 0 saturated carbocycles. The number of benzene rings is 2. The Morgan fingerprint density at radius 3 is 2.43 bits per heavy atom. The zero-order valence-electron chi connectivity index (χ0n) is 16.4. The lowest BCUT2D eigenvalue weighted by Crippen LogP contribution is -2.05. The van der Waals surface area contributed by atoms with Gasteiger partial charge >= 0.3 is 12.1 Å². The molecule has 0 bridgehead atoms. The van der Waals surface area contributed by atoms with Crippen LogP contribution in [-0.4, -0.2) is 23.3 Å². The molecule has 3 aromatic rings. The van der Waals surface area contributed by atoms with Crippen LogP contribution >= 0.6 is 0 Å². The lowest BCUT2D eigenvalue weighted by atomic mass is 10.0. The molecular weight excluding hydrogens is 397 g/mol. The van der Waals surface area contributed by atoms with Crippen LogP contribution in [0.3, 0.4) is 0 Å². The van der Waals surface area contributed by atoms with Crippen LogP contribution in [0.2, 0.25) is 0 Å². The zero-order valence-corrected chi connectivity index (χ0v) is 16.4. The summed E-state index contributed by atoms with van der Waals surface area (Å²) in [6, 6.07) is 13.6. The van der Waals surface area contributed by atoms with Gasteiger partial charge in [0.25, 0.3) is 0 Å². The number of carbonyl (C=O) groups excluding carboxylic acids is 1. The van der Waals surface area contributed by atoms with Gasteiger partial charge in [-0.25, -0.2) is 0 Å². The van der Waals surface area contributed by atoms with E-state index in [-0.39, 0.29) is 18.3 Å². The van der Waals surface area contributed by atoms with E-state index in [4.69, 9.17) is 4.74 Å². The Morgan fingerprint density at radius 2 is 1.77 bits per heavy atom. The van der Waals surface area contributed by atoms with Crippen molar-refractivity contribution < 1.29 is 27.4 Å². The summed E-state index contributed by atoms with van der Waals surface area (Å²) < 4.78 is 49.7. The number of aromatic nitrogens is 2. The molecule has 0 fully saturated rings. The van der Waals surface area contributed by atoms with Crippen molar-refractivity contribution in [2.24, 2.45) is 0 Å². The number of ether oxygens (including phenoxy) is 2. The van der Waals surface area contributed by atoms with E-state index in [0.717, 1.165) is 17.7 Å². The van der Waals surface area contributed by atoms with Gasteiger partial charge in [0.15, 0.2) is 0 Å². The molecule has 0 unspecified atom stereocenters. The van der Waals surface area contributed by atoms with Gasteiger partial charge in [0.05, 0.1) is 18.4 Å². The Hall–Kier alpha value is -3.42. The Morgan fingerprint density at radius 1 is 1.03 bits per heavy atom. The molecule has 3 rings (SSSR count). The molecule has 2 aromatic carbocycles. The van der Waals surface area contributed by atoms with Gasteiger partial charge < -0.3 is 9.47 Å². The van der Waals surface area contributed by atoms with Crippen LogP contribution in [0.4, 0.5) is 13.2 Å². The second-order valence-corrected chi connectivity index (χ2v) is 6.61. The average molecular weight is 416 g/mol. The van der Waals surface area contributed by atoms with Crippen LogP contribution in [0.1, 0.15) is 23.2 Å². The minimum absolute atomic E-state index is 0.0993. The maximum Gasteiger partial charge on any atom is 0.416 e. The van der Waals surface area contributed by atoms with Gasteiger partial charge in [0, 0.05) is 12.0 Å². The van der Waals surface area contributed by atoms with Gasteiger partial charge in [-0.15, -0.1) is 5.10 Å². The second-order valence-electron chi connectivity index (χ2n) is 6.61. The molecule has 1 aromatic heterocycles. The van der Waals surface area contributed by atoms with E-state index < -0.39 is 11.7 Å². The molecule has 156 valence electrons. The van der Waals surface area contributed by atoms with Crippen LogP contribution in [0.15, 0.2) is 54.6 Å². The molecular formula is C22H19F3N2O3. The Balaban J connectivity index is 1.85. The smallest absolute Gasteiger partial charge is 0.416 e. The van der Waals surface area contributed by atoms with Crippen molar-refractivity contribution in [1.29, 1.82) is 0 Å². The van der Waals surface area contributed by atoms with E-state index in [1.807, 2.05) is 0 Å². The summed E-state index contributed by atoms with van der Waals surface area (Å²) in [5, 5.41) is 7.98. The summed E-state index contributed by atoms with van der Waals surface area (Å²) in [6.07, 6.45) is -3.67. The number of methoxy groups -OCH3 is 1. The van der Waals surface area contributed by atoms with E-state index >= 15 is 0 Å². The summed E-state index contributed by atoms with van der Waals surface area (Å²) in [4.78, 5) is 11.2. The van der Waals surface area contributed by atoms with E-state index in [1.165, 1.54) is 13.2 Å². The van der Waals surface area contributed by atoms with Gasteiger partial charge in [-0.1, -0.05) is 24.3 Å². The lowest BCUT2D eigenvalue weighted by molar-refractivity contribution is -0.140. The molecule has 8 heteroatoms. The van der Waals surface area contributed by atoms with E-state index in [2.05, 4.69) is 14.9 Å². The van der Waals surface area contributed by atoms with Crippen LogP contribution in [-0.2, 0) is 22.1 Å². The summed E-state index contributed by atoms with van der Waals surface area (Å²) >= 11 is 0. The molecule has 0 N–H and O–H groups in total. The molecule has 5 nitrogen and oxygen atoms in total. The first-order valence-corrected chi connectivity index (χ1v) is 9.12. The number of hydrogen-bond donors (Lipinski definition) is 0. The van der Waals surface area contributed by atoms with E-state index in [1.54, 1.807) is 43.3 Å². The molecule has 0 spiro atoms. The molecule has 0 aliphatic carbocycles. The third-order valence-electron chi connectivity index (χ3n) is 4.37. The number of nitrogens with zero attached hydrogens (tertiary/aromatic N) is 2. The molecule has 0 aliphatic heterocycles. The Bertz CT molecular complexity index is 1030. The molecule has 0 aliphatic rings. The van der Waals surface area contributed by atoms with Crippen LogP contribution in [0.5, 0.6) is 11.6 Å². The first-order valence-electron chi connectivity index (χ1n) is 9.12. The highest BCUT2D eigenvalue weighted by Gasteiger charge is 2.30. The quantitative estimate of drug-likeness (QED) is 0.506. The van der Waals surface area contributed by atoms with E-state index in [0.29, 0.717) is 29.0 Å². The maximum absolute atomic E-state index is 13.1. The largest absolute Gasteiger partial charge is 0.469 e. The van der Waals surface area contributed by atoms with Gasteiger partial charge in [-0.05, 0) is 54.8 Å². The predicted octanol–water partition coefficient (Wildman–Crippen LogP) is 5.37. The highest BCUT2D eigenvalue weighted by atomic mass is 19.4. The average Bonchev–Trinajstić information content (AvgIpc) is 2.73. The first-order chi connectivity index (χ1) is 14.3. The molecule has 1 heterocycles. The van der Waals surface area contributed by atoms with Crippen LogP contribution < -0.4 is 4.74 Å². The summed E-state index contributed by atoms with van der Waals surface area (Å²) in [7, 11) is 1.34.